The molecular formula is C23H28N4O6S. The zero-order valence-electron chi connectivity index (χ0n) is 19.7. The smallest absolute Gasteiger partial charge is 0.243 e. The maximum Gasteiger partial charge on any atom is 0.243 e. The molecule has 1 heterocycles. The first kappa shape index (κ1) is 25.2. The maximum atomic E-state index is 12.9. The van der Waals surface area contributed by atoms with E-state index in [-0.39, 0.29) is 23.1 Å². The zero-order valence-corrected chi connectivity index (χ0v) is 20.5. The molecule has 0 spiro atoms. The van der Waals surface area contributed by atoms with Crippen molar-refractivity contribution in [3.05, 3.63) is 59.7 Å². The van der Waals surface area contributed by atoms with Crippen LogP contribution in [0.2, 0.25) is 0 Å². The molecule has 0 saturated carbocycles. The van der Waals surface area contributed by atoms with Gasteiger partial charge in [0.25, 0.3) is 0 Å². The first-order valence-corrected chi connectivity index (χ1v) is 12.0. The fourth-order valence-electron chi connectivity index (χ4n) is 3.11. The molecule has 0 aliphatic heterocycles. The minimum absolute atomic E-state index is 0.00751. The SMILES string of the molecule is COc1ccc(S(=O)(=O)N(C)CC(=O)Nc2ccc(Cc3noc(C(C)C)n3)cc2)cc1OC. The predicted octanol–water partition coefficient (Wildman–Crippen LogP) is 3.06. The average Bonchev–Trinajstić information content (AvgIpc) is 3.28. The number of ether oxygens (including phenoxy) is 2. The fourth-order valence-corrected chi connectivity index (χ4v) is 4.25. The van der Waals surface area contributed by atoms with Crippen LogP contribution in [0.25, 0.3) is 0 Å². The van der Waals surface area contributed by atoms with E-state index in [1.165, 1.54) is 39.5 Å². The molecule has 10 nitrogen and oxygen atoms in total. The Balaban J connectivity index is 1.61. The van der Waals surface area contributed by atoms with Gasteiger partial charge >= 0.3 is 0 Å². The summed E-state index contributed by atoms with van der Waals surface area (Å²) in [6, 6.07) is 11.4. The Morgan fingerprint density at radius 2 is 1.76 bits per heavy atom. The van der Waals surface area contributed by atoms with Crippen LogP contribution in [0.3, 0.4) is 0 Å². The molecular weight excluding hydrogens is 460 g/mol. The number of methoxy groups -OCH3 is 2. The lowest BCUT2D eigenvalue weighted by Crippen LogP contribution is -2.35. The second-order valence-electron chi connectivity index (χ2n) is 7.90. The van der Waals surface area contributed by atoms with Crippen molar-refractivity contribution < 1.29 is 27.2 Å². The number of aromatic nitrogens is 2. The van der Waals surface area contributed by atoms with E-state index >= 15 is 0 Å². The molecule has 3 rings (SSSR count). The standard InChI is InChI=1S/C23H28N4O6S/c1-15(2)23-25-21(26-33-23)12-16-6-8-17(9-7-16)24-22(28)14-27(3)34(29,30)18-10-11-19(31-4)20(13-18)32-5/h6-11,13,15H,12,14H2,1-5H3,(H,24,28). The number of rotatable bonds is 10. The van der Waals surface area contributed by atoms with E-state index in [0.29, 0.717) is 29.6 Å². The van der Waals surface area contributed by atoms with Crippen molar-refractivity contribution in [2.45, 2.75) is 31.1 Å². The largest absolute Gasteiger partial charge is 0.493 e. The third-order valence-corrected chi connectivity index (χ3v) is 6.81. The van der Waals surface area contributed by atoms with Crippen LogP contribution >= 0.6 is 0 Å². The maximum absolute atomic E-state index is 12.9. The number of carbonyl (C=O) groups excluding carboxylic acids is 1. The van der Waals surface area contributed by atoms with E-state index in [0.717, 1.165) is 9.87 Å². The Hall–Kier alpha value is -3.44. The molecule has 0 saturated heterocycles. The molecule has 0 unspecified atom stereocenters. The van der Waals surface area contributed by atoms with Gasteiger partial charge in [-0.25, -0.2) is 8.42 Å². The van der Waals surface area contributed by atoms with Crippen molar-refractivity contribution in [1.29, 1.82) is 0 Å². The van der Waals surface area contributed by atoms with Gasteiger partial charge in [0.1, 0.15) is 0 Å². The molecule has 0 fully saturated rings. The molecule has 0 aliphatic carbocycles. The molecule has 1 aromatic heterocycles. The Bertz CT molecular complexity index is 1240. The number of likely N-dealkylation sites (N-methyl/N-ethyl adjacent to an activating group) is 1. The molecule has 1 N–H and O–H groups in total. The number of carbonyl (C=O) groups is 1. The lowest BCUT2D eigenvalue weighted by molar-refractivity contribution is -0.116. The van der Waals surface area contributed by atoms with Crippen LogP contribution in [-0.4, -0.2) is 56.6 Å². The molecule has 11 heteroatoms. The Morgan fingerprint density at radius 1 is 1.09 bits per heavy atom. The van der Waals surface area contributed by atoms with Crippen LogP contribution in [-0.2, 0) is 21.2 Å². The zero-order chi connectivity index (χ0) is 24.9. The average molecular weight is 489 g/mol. The molecule has 0 radical (unpaired) electrons. The number of nitrogens with zero attached hydrogens (tertiary/aromatic N) is 3. The van der Waals surface area contributed by atoms with Crippen molar-refractivity contribution in [3.8, 4) is 11.5 Å². The van der Waals surface area contributed by atoms with Gasteiger partial charge in [-0.2, -0.15) is 9.29 Å². The summed E-state index contributed by atoms with van der Waals surface area (Å²) in [5.41, 5.74) is 1.49. The van der Waals surface area contributed by atoms with E-state index in [4.69, 9.17) is 14.0 Å². The fraction of sp³-hybridized carbons (Fsp3) is 0.348. The highest BCUT2D eigenvalue weighted by Crippen LogP contribution is 2.30. The third-order valence-electron chi connectivity index (χ3n) is 5.01. The summed E-state index contributed by atoms with van der Waals surface area (Å²) < 4.78 is 42.3. The van der Waals surface area contributed by atoms with Crippen molar-refractivity contribution in [1.82, 2.24) is 14.4 Å². The van der Waals surface area contributed by atoms with Gasteiger partial charge in [0.15, 0.2) is 17.3 Å². The quantitative estimate of drug-likeness (QED) is 0.462. The van der Waals surface area contributed by atoms with Crippen molar-refractivity contribution in [2.75, 3.05) is 33.1 Å². The van der Waals surface area contributed by atoms with E-state index in [1.54, 1.807) is 12.1 Å². The summed E-state index contributed by atoms with van der Waals surface area (Å²) in [5, 5.41) is 6.68. The van der Waals surface area contributed by atoms with Crippen molar-refractivity contribution >= 4 is 21.6 Å². The minimum atomic E-state index is -3.92. The first-order chi connectivity index (χ1) is 16.1. The molecule has 0 atom stereocenters. The van der Waals surface area contributed by atoms with Crippen molar-refractivity contribution in [2.24, 2.45) is 0 Å². The van der Waals surface area contributed by atoms with Gasteiger partial charge in [-0.3, -0.25) is 4.79 Å². The number of hydrogen-bond donors (Lipinski definition) is 1. The van der Waals surface area contributed by atoms with Crippen LogP contribution in [0.1, 0.15) is 37.0 Å². The molecule has 0 bridgehead atoms. The minimum Gasteiger partial charge on any atom is -0.493 e. The first-order valence-electron chi connectivity index (χ1n) is 10.5. The van der Waals surface area contributed by atoms with Crippen LogP contribution < -0.4 is 14.8 Å². The molecule has 34 heavy (non-hydrogen) atoms. The Labute approximate surface area is 198 Å². The van der Waals surface area contributed by atoms with E-state index < -0.39 is 15.9 Å². The highest BCUT2D eigenvalue weighted by molar-refractivity contribution is 7.89. The summed E-state index contributed by atoms with van der Waals surface area (Å²) in [5.74, 6) is 1.55. The predicted molar refractivity (Wildman–Crippen MR) is 126 cm³/mol. The van der Waals surface area contributed by atoms with Gasteiger partial charge in [0.2, 0.25) is 21.8 Å². The van der Waals surface area contributed by atoms with Crippen LogP contribution in [0.4, 0.5) is 5.69 Å². The monoisotopic (exact) mass is 488 g/mol. The van der Waals surface area contributed by atoms with Crippen LogP contribution in [0.15, 0.2) is 51.9 Å². The van der Waals surface area contributed by atoms with Gasteiger partial charge in [-0.1, -0.05) is 31.1 Å². The van der Waals surface area contributed by atoms with Crippen LogP contribution in [0, 0.1) is 0 Å². The van der Waals surface area contributed by atoms with E-state index in [1.807, 2.05) is 26.0 Å². The number of anilines is 1. The molecule has 182 valence electrons. The Morgan fingerprint density at radius 3 is 2.35 bits per heavy atom. The molecule has 0 aliphatic rings. The van der Waals surface area contributed by atoms with Gasteiger partial charge in [-0.05, 0) is 29.8 Å². The highest BCUT2D eigenvalue weighted by atomic mass is 32.2. The van der Waals surface area contributed by atoms with Crippen LogP contribution in [0.5, 0.6) is 11.5 Å². The summed E-state index contributed by atoms with van der Waals surface area (Å²) in [6.07, 6.45) is 0.497. The number of sulfonamides is 1. The third kappa shape index (κ3) is 5.91. The molecule has 2 aromatic carbocycles. The summed E-state index contributed by atoms with van der Waals surface area (Å²) in [6.45, 7) is 3.59. The number of nitrogens with one attached hydrogen (secondary N) is 1. The summed E-state index contributed by atoms with van der Waals surface area (Å²) >= 11 is 0. The number of benzene rings is 2. The molecule has 1 amide bonds. The molecule has 3 aromatic rings. The van der Waals surface area contributed by atoms with Gasteiger partial charge < -0.3 is 19.3 Å². The van der Waals surface area contributed by atoms with Gasteiger partial charge in [-0.15, -0.1) is 0 Å². The number of amides is 1. The van der Waals surface area contributed by atoms with E-state index in [9.17, 15) is 13.2 Å². The highest BCUT2D eigenvalue weighted by Gasteiger charge is 2.24. The normalized spacial score (nSPS) is 11.6. The second kappa shape index (κ2) is 10.7. The van der Waals surface area contributed by atoms with Gasteiger partial charge in [0.05, 0.1) is 25.7 Å². The van der Waals surface area contributed by atoms with Crippen molar-refractivity contribution in [3.63, 3.8) is 0 Å². The van der Waals surface area contributed by atoms with Gasteiger partial charge in [0, 0.05) is 31.1 Å². The lowest BCUT2D eigenvalue weighted by Gasteiger charge is -2.18. The lowest BCUT2D eigenvalue weighted by atomic mass is 10.1. The second-order valence-corrected chi connectivity index (χ2v) is 9.95. The topological polar surface area (TPSA) is 124 Å². The summed E-state index contributed by atoms with van der Waals surface area (Å²) in [7, 11) is 0.303. The summed E-state index contributed by atoms with van der Waals surface area (Å²) in [4.78, 5) is 16.8. The Kier molecular flexibility index (Phi) is 7.90. The number of hydrogen-bond acceptors (Lipinski definition) is 8. The van der Waals surface area contributed by atoms with E-state index in [2.05, 4.69) is 15.5 Å².